The van der Waals surface area contributed by atoms with Gasteiger partial charge in [0.1, 0.15) is 17.0 Å². The Morgan fingerprint density at radius 2 is 1.42 bits per heavy atom. The highest BCUT2D eigenvalue weighted by Gasteiger charge is 2.26. The molecule has 0 unspecified atom stereocenters. The number of carbonyl (C=O) groups excluding carboxylic acids is 4. The third-order valence-corrected chi connectivity index (χ3v) is 11.6. The normalized spacial score (nSPS) is 13.2. The molecule has 0 aliphatic carbocycles. The van der Waals surface area contributed by atoms with Gasteiger partial charge in [0.25, 0.3) is 11.8 Å². The number of hydrogen-bond acceptors (Lipinski definition) is 14. The molecule has 1 fully saturated rings. The predicted octanol–water partition coefficient (Wildman–Crippen LogP) is 5.73. The summed E-state index contributed by atoms with van der Waals surface area (Å²) in [4.78, 5) is 65.8. The number of methoxy groups -OCH3 is 2. The van der Waals surface area contributed by atoms with Crippen LogP contribution in [0.25, 0.3) is 22.1 Å². The lowest BCUT2D eigenvalue weighted by atomic mass is 10.2. The Bertz CT molecular complexity index is 2790. The minimum atomic E-state index is -0.771. The lowest BCUT2D eigenvalue weighted by molar-refractivity contribution is 0.0358. The van der Waals surface area contributed by atoms with Gasteiger partial charge in [-0.15, -0.1) is 11.8 Å². The molecule has 0 spiro atoms. The predicted molar refractivity (Wildman–Crippen MR) is 242 cm³/mol. The lowest BCUT2D eigenvalue weighted by Gasteiger charge is -2.26. The molecule has 2 aromatic carbocycles. The maximum atomic E-state index is 15.4. The second-order valence-electron chi connectivity index (χ2n) is 15.0. The summed E-state index contributed by atoms with van der Waals surface area (Å²) < 4.78 is 43.7. The number of fused-ring (bicyclic) bond motifs is 2. The third-order valence-electron chi connectivity index (χ3n) is 10.9. The number of allylic oxidation sites excluding steroid dienone is 2. The minimum Gasteiger partial charge on any atom is -0.491 e. The second kappa shape index (κ2) is 20.5. The first-order chi connectivity index (χ1) is 31.4. The van der Waals surface area contributed by atoms with Gasteiger partial charge in [0.05, 0.1) is 73.1 Å². The number of ether oxygens (including phenoxy) is 4. The Morgan fingerprint density at radius 1 is 0.815 bits per heavy atom. The molecule has 1 saturated heterocycles. The number of thioether (sulfide) groups is 1. The summed E-state index contributed by atoms with van der Waals surface area (Å²) in [6.07, 6.45) is 6.24. The number of hydrogen-bond donors (Lipinski definition) is 2. The summed E-state index contributed by atoms with van der Waals surface area (Å²) >= 11 is 1.40. The molecular formula is C44H52FN11O8S. The zero-order valence-corrected chi connectivity index (χ0v) is 38.2. The number of benzene rings is 2. The van der Waals surface area contributed by atoms with Crippen molar-refractivity contribution in [2.24, 2.45) is 0 Å². The van der Waals surface area contributed by atoms with E-state index >= 15 is 4.39 Å². The third kappa shape index (κ3) is 9.91. The number of aromatic nitrogens is 8. The Labute approximate surface area is 378 Å². The molecule has 0 radical (unpaired) electrons. The molecular weight excluding hydrogens is 862 g/mol. The van der Waals surface area contributed by atoms with Gasteiger partial charge < -0.3 is 28.1 Å². The van der Waals surface area contributed by atoms with Crippen LogP contribution in [0.3, 0.4) is 0 Å². The van der Waals surface area contributed by atoms with Crippen LogP contribution in [0.5, 0.6) is 5.75 Å². The van der Waals surface area contributed by atoms with Crippen molar-refractivity contribution >= 4 is 69.5 Å². The summed E-state index contributed by atoms with van der Waals surface area (Å²) in [6.45, 7) is 12.0. The van der Waals surface area contributed by atoms with Gasteiger partial charge in [-0.2, -0.15) is 10.2 Å². The van der Waals surface area contributed by atoms with Crippen LogP contribution in [-0.2, 0) is 40.4 Å². The van der Waals surface area contributed by atoms with Gasteiger partial charge in [-0.25, -0.2) is 23.9 Å². The van der Waals surface area contributed by atoms with Gasteiger partial charge in [-0.05, 0) is 70.7 Å². The summed E-state index contributed by atoms with van der Waals surface area (Å²) in [5, 5.41) is 14.3. The molecule has 0 atom stereocenters. The molecule has 65 heavy (non-hydrogen) atoms. The first kappa shape index (κ1) is 46.4. The fourth-order valence-electron chi connectivity index (χ4n) is 7.70. The van der Waals surface area contributed by atoms with Crippen LogP contribution in [0.1, 0.15) is 73.3 Å². The number of nitrogens with zero attached hydrogens (tertiary/aromatic N) is 9. The summed E-state index contributed by atoms with van der Waals surface area (Å²) in [5.41, 5.74) is 3.25. The van der Waals surface area contributed by atoms with Crippen molar-refractivity contribution in [2.45, 2.75) is 65.2 Å². The zero-order valence-electron chi connectivity index (χ0n) is 37.4. The van der Waals surface area contributed by atoms with Crippen molar-refractivity contribution in [3.05, 3.63) is 82.2 Å². The molecule has 0 saturated carbocycles. The SMILES string of the molecule is CCn1nc(C)cc1C(=O)Nc1nc2cc(C(=O)OC)cc(SC)c2n1C/C=C/Cn1c(NC(=O)c2c(F)c(C)nn2CC)nc2cc(C(=O)OC)cc(OCCCN3CCOCC3)c21. The number of carbonyl (C=O) groups is 4. The van der Waals surface area contributed by atoms with Crippen molar-refractivity contribution in [2.75, 3.05) is 70.6 Å². The van der Waals surface area contributed by atoms with Crippen LogP contribution in [0, 0.1) is 19.7 Å². The maximum absolute atomic E-state index is 15.4. The zero-order chi connectivity index (χ0) is 46.4. The van der Waals surface area contributed by atoms with Crippen LogP contribution >= 0.6 is 11.8 Å². The average molecular weight is 914 g/mol. The van der Waals surface area contributed by atoms with E-state index in [1.165, 1.54) is 37.6 Å². The van der Waals surface area contributed by atoms with E-state index in [0.717, 1.165) is 24.5 Å². The number of anilines is 2. The fraction of sp³-hybridized carbons (Fsp3) is 0.409. The van der Waals surface area contributed by atoms with E-state index in [1.54, 1.807) is 46.5 Å². The van der Waals surface area contributed by atoms with E-state index in [2.05, 4.69) is 25.7 Å². The minimum absolute atomic E-state index is 0.0552. The maximum Gasteiger partial charge on any atom is 0.338 e. The Kier molecular flexibility index (Phi) is 14.6. The number of morpholine rings is 1. The molecule has 0 bridgehead atoms. The van der Waals surface area contributed by atoms with Crippen molar-refractivity contribution in [1.82, 2.24) is 43.6 Å². The average Bonchev–Trinajstić information content (AvgIpc) is 4.06. The van der Waals surface area contributed by atoms with E-state index in [-0.39, 0.29) is 48.5 Å². The molecule has 4 aromatic heterocycles. The van der Waals surface area contributed by atoms with E-state index in [0.29, 0.717) is 77.6 Å². The lowest BCUT2D eigenvalue weighted by Crippen LogP contribution is -2.37. The number of rotatable bonds is 18. The molecule has 5 heterocycles. The van der Waals surface area contributed by atoms with Crippen molar-refractivity contribution in [3.8, 4) is 5.75 Å². The van der Waals surface area contributed by atoms with Crippen LogP contribution < -0.4 is 15.4 Å². The van der Waals surface area contributed by atoms with E-state index in [9.17, 15) is 19.2 Å². The van der Waals surface area contributed by atoms with Gasteiger partial charge in [0.2, 0.25) is 11.9 Å². The highest BCUT2D eigenvalue weighted by molar-refractivity contribution is 7.98. The number of halogens is 1. The Balaban J connectivity index is 1.27. The Hall–Kier alpha value is -6.58. The Morgan fingerprint density at radius 3 is 2.03 bits per heavy atom. The summed E-state index contributed by atoms with van der Waals surface area (Å²) in [7, 11) is 2.58. The summed E-state index contributed by atoms with van der Waals surface area (Å²) in [6, 6.07) is 8.15. The van der Waals surface area contributed by atoms with Gasteiger partial charge in [0, 0.05) is 50.7 Å². The van der Waals surface area contributed by atoms with E-state index in [4.69, 9.17) is 28.9 Å². The number of esters is 2. The van der Waals surface area contributed by atoms with Crippen LogP contribution in [0.15, 0.2) is 47.4 Å². The fourth-order valence-corrected chi connectivity index (χ4v) is 8.35. The van der Waals surface area contributed by atoms with E-state index < -0.39 is 29.6 Å². The van der Waals surface area contributed by atoms with Crippen molar-refractivity contribution < 1.29 is 42.5 Å². The van der Waals surface area contributed by atoms with Gasteiger partial charge in [-0.3, -0.25) is 34.5 Å². The van der Waals surface area contributed by atoms with Crippen LogP contribution in [-0.4, -0.2) is 127 Å². The summed E-state index contributed by atoms with van der Waals surface area (Å²) in [5.74, 6) is -2.48. The van der Waals surface area contributed by atoms with Crippen LogP contribution in [0.4, 0.5) is 16.3 Å². The molecule has 1 aliphatic heterocycles. The quantitative estimate of drug-likeness (QED) is 0.0458. The van der Waals surface area contributed by atoms with E-state index in [1.807, 2.05) is 36.8 Å². The van der Waals surface area contributed by atoms with Gasteiger partial charge in [-0.1, -0.05) is 12.2 Å². The second-order valence-corrected chi connectivity index (χ2v) is 15.9. The van der Waals surface area contributed by atoms with Crippen molar-refractivity contribution in [1.29, 1.82) is 0 Å². The monoisotopic (exact) mass is 913 g/mol. The molecule has 21 heteroatoms. The van der Waals surface area contributed by atoms with Crippen molar-refractivity contribution in [3.63, 3.8) is 0 Å². The van der Waals surface area contributed by atoms with Gasteiger partial charge >= 0.3 is 11.9 Å². The molecule has 6 aromatic rings. The highest BCUT2D eigenvalue weighted by Crippen LogP contribution is 2.34. The number of imidazole rings is 2. The molecule has 7 rings (SSSR count). The smallest absolute Gasteiger partial charge is 0.338 e. The standard InChI is InChI=1S/C44H52FN11O8S/c1-8-55-32(21-26(3)50-55)39(57)48-43-47-31-23-29(42(60)62-6)25-34(65-7)37(31)54(43)15-11-10-14-53-36-30(46-44(53)49-40(58)38-35(45)27(4)51-56(38)9-2)22-28(41(59)61-5)24-33(36)64-18-12-13-52-16-19-63-20-17-52/h10-11,21-25H,8-9,12-20H2,1-7H3,(H,46,49,58)(H,47,48,57)/b11-10+. The first-order valence-electron chi connectivity index (χ1n) is 21.2. The number of aryl methyl sites for hydroxylation is 4. The number of nitrogens with one attached hydrogen (secondary N) is 2. The number of amides is 2. The molecule has 19 nitrogen and oxygen atoms in total. The molecule has 2 N–H and O–H groups in total. The van der Waals surface area contributed by atoms with Crippen LogP contribution in [0.2, 0.25) is 0 Å². The van der Waals surface area contributed by atoms with Gasteiger partial charge in [0.15, 0.2) is 11.5 Å². The molecule has 344 valence electrons. The molecule has 2 amide bonds. The highest BCUT2D eigenvalue weighted by atomic mass is 32.2. The molecule has 1 aliphatic rings. The largest absolute Gasteiger partial charge is 0.491 e. The topological polar surface area (TPSA) is 204 Å². The first-order valence-corrected chi connectivity index (χ1v) is 22.4.